The van der Waals surface area contributed by atoms with Crippen molar-refractivity contribution in [1.29, 1.82) is 0 Å². The maximum atomic E-state index is 14.8. The zero-order valence-electron chi connectivity index (χ0n) is 15.0. The Morgan fingerprint density at radius 3 is 2.54 bits per heavy atom. The summed E-state index contributed by atoms with van der Waals surface area (Å²) in [4.78, 5) is 24.5. The number of fused-ring (bicyclic) bond motifs is 5. The van der Waals surface area contributed by atoms with E-state index in [2.05, 4.69) is 27.4 Å². The van der Waals surface area contributed by atoms with Crippen molar-refractivity contribution in [2.45, 2.75) is 59.3 Å². The number of allylic oxidation sites excluding steroid dienone is 2. The summed E-state index contributed by atoms with van der Waals surface area (Å²) in [7, 11) is 0. The molecule has 0 spiro atoms. The lowest BCUT2D eigenvalue weighted by atomic mass is 9.44. The molecule has 0 heterocycles. The van der Waals surface area contributed by atoms with Gasteiger partial charge in [0.1, 0.15) is 5.78 Å². The summed E-state index contributed by atoms with van der Waals surface area (Å²) in [6.07, 6.45) is 4.57. The summed E-state index contributed by atoms with van der Waals surface area (Å²) in [5.41, 5.74) is 0.913. The van der Waals surface area contributed by atoms with Crippen molar-refractivity contribution in [3.63, 3.8) is 0 Å². The Hall–Kier alpha value is -1.25. The second-order valence-electron chi connectivity index (χ2n) is 9.10. The molecule has 6 atom stereocenters. The molecule has 4 rings (SSSR count). The highest BCUT2D eigenvalue weighted by atomic mass is 19.1. The number of hydrogen-bond acceptors (Lipinski definition) is 2. The molecule has 0 aromatic carbocycles. The van der Waals surface area contributed by atoms with Gasteiger partial charge in [-0.15, -0.1) is 0 Å². The van der Waals surface area contributed by atoms with Crippen molar-refractivity contribution in [2.75, 3.05) is 0 Å². The average Bonchev–Trinajstić information content (AvgIpc) is 2.81. The van der Waals surface area contributed by atoms with Crippen molar-refractivity contribution in [3.05, 3.63) is 23.6 Å². The van der Waals surface area contributed by atoms with Gasteiger partial charge in [0.15, 0.2) is 11.6 Å². The molecule has 3 fully saturated rings. The predicted octanol–water partition coefficient (Wildman–Crippen LogP) is 4.80. The highest BCUT2D eigenvalue weighted by molar-refractivity contribution is 5.96. The topological polar surface area (TPSA) is 34.1 Å². The van der Waals surface area contributed by atoms with Crippen molar-refractivity contribution in [3.8, 4) is 0 Å². The normalized spacial score (nSPS) is 48.2. The van der Waals surface area contributed by atoms with Crippen molar-refractivity contribution < 1.29 is 14.0 Å². The van der Waals surface area contributed by atoms with Crippen LogP contribution in [0.3, 0.4) is 0 Å². The van der Waals surface area contributed by atoms with Crippen LogP contribution in [0.5, 0.6) is 0 Å². The Kier molecular flexibility index (Phi) is 3.31. The maximum Gasteiger partial charge on any atom is 0.191 e. The molecule has 4 aliphatic carbocycles. The number of halogens is 1. The molecule has 3 saturated carbocycles. The fourth-order valence-corrected chi connectivity index (χ4v) is 6.76. The Bertz CT molecular complexity index is 690. The van der Waals surface area contributed by atoms with Gasteiger partial charge in [0, 0.05) is 29.2 Å². The first kappa shape index (κ1) is 16.2. The SMILES string of the molecule is C=C1C[C@@H]2[C@H](CC[C@]3(C)C(=O)CC[C@@H]23)[C@]2(C)C1=C(F)C(=O)C[C@@H]2C. The summed E-state index contributed by atoms with van der Waals surface area (Å²) in [5, 5.41) is 0. The van der Waals surface area contributed by atoms with Crippen LogP contribution in [-0.2, 0) is 9.59 Å². The molecule has 0 radical (unpaired) electrons. The Morgan fingerprint density at radius 2 is 1.83 bits per heavy atom. The summed E-state index contributed by atoms with van der Waals surface area (Å²) in [6, 6.07) is 0. The van der Waals surface area contributed by atoms with Gasteiger partial charge in [-0.2, -0.15) is 0 Å². The molecule has 0 bridgehead atoms. The fourth-order valence-electron chi connectivity index (χ4n) is 6.76. The van der Waals surface area contributed by atoms with Crippen molar-refractivity contribution in [1.82, 2.24) is 0 Å². The smallest absolute Gasteiger partial charge is 0.191 e. The summed E-state index contributed by atoms with van der Waals surface area (Å²) in [6.45, 7) is 10.6. The number of ketones is 2. The molecule has 4 aliphatic rings. The molecular weight excluding hydrogens is 303 g/mol. The molecule has 0 saturated heterocycles. The molecular formula is C21H27FO2. The number of carbonyl (C=O) groups excluding carboxylic acids is 2. The van der Waals surface area contributed by atoms with Gasteiger partial charge < -0.3 is 0 Å². The largest absolute Gasteiger partial charge is 0.299 e. The van der Waals surface area contributed by atoms with Crippen LogP contribution >= 0.6 is 0 Å². The van der Waals surface area contributed by atoms with Gasteiger partial charge in [-0.3, -0.25) is 9.59 Å². The lowest BCUT2D eigenvalue weighted by molar-refractivity contribution is -0.133. The minimum atomic E-state index is -0.533. The lowest BCUT2D eigenvalue weighted by Gasteiger charge is -2.59. The van der Waals surface area contributed by atoms with Crippen molar-refractivity contribution in [2.24, 2.45) is 34.5 Å². The third-order valence-electron chi connectivity index (χ3n) is 8.27. The second-order valence-corrected chi connectivity index (χ2v) is 9.10. The van der Waals surface area contributed by atoms with Crippen LogP contribution in [0.4, 0.5) is 4.39 Å². The van der Waals surface area contributed by atoms with Gasteiger partial charge >= 0.3 is 0 Å². The van der Waals surface area contributed by atoms with E-state index in [4.69, 9.17) is 0 Å². The van der Waals surface area contributed by atoms with E-state index in [-0.39, 0.29) is 22.5 Å². The van der Waals surface area contributed by atoms with Crippen LogP contribution in [0.15, 0.2) is 23.6 Å². The molecule has 0 unspecified atom stereocenters. The Morgan fingerprint density at radius 1 is 1.12 bits per heavy atom. The van der Waals surface area contributed by atoms with Gasteiger partial charge in [-0.05, 0) is 54.9 Å². The molecule has 130 valence electrons. The number of rotatable bonds is 0. The zero-order chi connectivity index (χ0) is 17.4. The van der Waals surface area contributed by atoms with Gasteiger partial charge in [0.2, 0.25) is 0 Å². The van der Waals surface area contributed by atoms with Crippen LogP contribution in [-0.4, -0.2) is 11.6 Å². The lowest BCUT2D eigenvalue weighted by Crippen LogP contribution is -2.54. The van der Waals surface area contributed by atoms with E-state index in [0.29, 0.717) is 42.0 Å². The van der Waals surface area contributed by atoms with Crippen LogP contribution in [0.2, 0.25) is 0 Å². The third-order valence-corrected chi connectivity index (χ3v) is 8.27. The van der Waals surface area contributed by atoms with E-state index >= 15 is 0 Å². The number of hydrogen-bond donors (Lipinski definition) is 0. The van der Waals surface area contributed by atoms with E-state index in [1.165, 1.54) is 0 Å². The molecule has 3 heteroatoms. The van der Waals surface area contributed by atoms with E-state index < -0.39 is 5.83 Å². The Labute approximate surface area is 143 Å². The van der Waals surface area contributed by atoms with Gasteiger partial charge in [0.05, 0.1) is 0 Å². The van der Waals surface area contributed by atoms with Crippen LogP contribution in [0, 0.1) is 34.5 Å². The van der Waals surface area contributed by atoms with Crippen molar-refractivity contribution >= 4 is 11.6 Å². The molecule has 2 nitrogen and oxygen atoms in total. The van der Waals surface area contributed by atoms with E-state index in [1.807, 2.05) is 0 Å². The van der Waals surface area contributed by atoms with E-state index in [0.717, 1.165) is 31.3 Å². The summed E-state index contributed by atoms with van der Waals surface area (Å²) < 4.78 is 14.8. The molecule has 0 aliphatic heterocycles. The minimum Gasteiger partial charge on any atom is -0.299 e. The maximum absolute atomic E-state index is 14.8. The number of carbonyl (C=O) groups is 2. The summed E-state index contributed by atoms with van der Waals surface area (Å²) in [5.74, 6) is 0.815. The Balaban J connectivity index is 1.83. The first-order valence-electron chi connectivity index (χ1n) is 9.36. The van der Waals surface area contributed by atoms with Gasteiger partial charge in [-0.1, -0.05) is 27.4 Å². The highest BCUT2D eigenvalue weighted by Gasteiger charge is 2.61. The van der Waals surface area contributed by atoms with Gasteiger partial charge in [-0.25, -0.2) is 4.39 Å². The number of Topliss-reactive ketones (excluding diaryl/α,β-unsaturated/α-hetero) is 2. The van der Waals surface area contributed by atoms with Crippen LogP contribution < -0.4 is 0 Å². The molecule has 0 aromatic heterocycles. The third kappa shape index (κ3) is 1.76. The molecule has 0 aromatic rings. The second kappa shape index (κ2) is 4.89. The van der Waals surface area contributed by atoms with Crippen LogP contribution in [0.1, 0.15) is 59.3 Å². The average molecular weight is 330 g/mol. The monoisotopic (exact) mass is 330 g/mol. The standard InChI is InChI=1S/C21H27FO2/c1-11-9-13-14-5-6-17(24)20(14,3)8-7-15(13)21(4)12(2)10-16(23)19(22)18(11)21/h12-15H,1,5-10H2,2-4H3/t12-,13-,14-,15-,20-,21+/m0/s1. The van der Waals surface area contributed by atoms with E-state index in [9.17, 15) is 14.0 Å². The minimum absolute atomic E-state index is 0.130. The van der Waals surface area contributed by atoms with Crippen LogP contribution in [0.25, 0.3) is 0 Å². The molecule has 0 N–H and O–H groups in total. The first-order chi connectivity index (χ1) is 11.2. The highest BCUT2D eigenvalue weighted by Crippen LogP contribution is 2.67. The quantitative estimate of drug-likeness (QED) is 0.639. The summed E-state index contributed by atoms with van der Waals surface area (Å²) >= 11 is 0. The molecule has 24 heavy (non-hydrogen) atoms. The van der Waals surface area contributed by atoms with Gasteiger partial charge in [0.25, 0.3) is 0 Å². The predicted molar refractivity (Wildman–Crippen MR) is 90.8 cm³/mol. The fraction of sp³-hybridized carbons (Fsp3) is 0.714. The first-order valence-corrected chi connectivity index (χ1v) is 9.36. The zero-order valence-corrected chi connectivity index (χ0v) is 15.0. The molecule has 0 amide bonds. The van der Waals surface area contributed by atoms with E-state index in [1.54, 1.807) is 0 Å².